The lowest BCUT2D eigenvalue weighted by atomic mass is 10.3. The van der Waals surface area contributed by atoms with Crippen LogP contribution in [0, 0.1) is 0 Å². The molecule has 0 spiro atoms. The summed E-state index contributed by atoms with van der Waals surface area (Å²) in [7, 11) is 2.13. The van der Waals surface area contributed by atoms with Gasteiger partial charge in [-0.1, -0.05) is 18.2 Å². The second kappa shape index (κ2) is 7.98. The van der Waals surface area contributed by atoms with Crippen LogP contribution in [0.2, 0.25) is 0 Å². The van der Waals surface area contributed by atoms with Crippen LogP contribution < -0.4 is 15.0 Å². The number of ether oxygens (including phenoxy) is 1. The highest BCUT2D eigenvalue weighted by molar-refractivity contribution is 5.94. The Balaban J connectivity index is 1.54. The Labute approximate surface area is 148 Å². The van der Waals surface area contributed by atoms with Crippen LogP contribution in [-0.2, 0) is 4.79 Å². The van der Waals surface area contributed by atoms with Gasteiger partial charge in [0.2, 0.25) is 0 Å². The highest BCUT2D eigenvalue weighted by Crippen LogP contribution is 2.17. The number of para-hydroxylation sites is 1. The summed E-state index contributed by atoms with van der Waals surface area (Å²) >= 11 is 0. The number of aromatic nitrogens is 1. The number of carbonyl (C=O) groups excluding carboxylic acids is 1. The van der Waals surface area contributed by atoms with Gasteiger partial charge in [0.1, 0.15) is 11.6 Å². The Morgan fingerprint density at radius 1 is 1.12 bits per heavy atom. The van der Waals surface area contributed by atoms with Crippen molar-refractivity contribution in [1.82, 2.24) is 9.88 Å². The van der Waals surface area contributed by atoms with E-state index in [2.05, 4.69) is 27.1 Å². The van der Waals surface area contributed by atoms with Gasteiger partial charge >= 0.3 is 0 Å². The van der Waals surface area contributed by atoms with Gasteiger partial charge in [-0.05, 0) is 38.2 Å². The predicted octanol–water partition coefficient (Wildman–Crippen LogP) is 2.24. The molecule has 1 aliphatic heterocycles. The smallest absolute Gasteiger partial charge is 0.265 e. The van der Waals surface area contributed by atoms with E-state index < -0.39 is 6.10 Å². The fraction of sp³-hybridized carbons (Fsp3) is 0.368. The Hall–Kier alpha value is -2.60. The molecule has 0 bridgehead atoms. The summed E-state index contributed by atoms with van der Waals surface area (Å²) in [6, 6.07) is 13.1. The third-order valence-corrected chi connectivity index (χ3v) is 4.27. The van der Waals surface area contributed by atoms with E-state index in [1.165, 1.54) is 0 Å². The predicted molar refractivity (Wildman–Crippen MR) is 99.1 cm³/mol. The van der Waals surface area contributed by atoms with E-state index in [0.717, 1.165) is 32.0 Å². The molecule has 6 nitrogen and oxygen atoms in total. The van der Waals surface area contributed by atoms with Crippen LogP contribution in [0.25, 0.3) is 0 Å². The van der Waals surface area contributed by atoms with Gasteiger partial charge in [0.05, 0.1) is 11.9 Å². The van der Waals surface area contributed by atoms with Crippen molar-refractivity contribution in [3.05, 3.63) is 48.7 Å². The van der Waals surface area contributed by atoms with Crippen molar-refractivity contribution >= 4 is 17.4 Å². The van der Waals surface area contributed by atoms with Gasteiger partial charge in [0.25, 0.3) is 5.91 Å². The summed E-state index contributed by atoms with van der Waals surface area (Å²) in [5.41, 5.74) is 0.673. The second-order valence-corrected chi connectivity index (χ2v) is 6.26. The Morgan fingerprint density at radius 2 is 1.84 bits per heavy atom. The van der Waals surface area contributed by atoms with Gasteiger partial charge in [-0.3, -0.25) is 4.79 Å². The topological polar surface area (TPSA) is 57.7 Å². The number of nitrogens with one attached hydrogen (secondary N) is 1. The van der Waals surface area contributed by atoms with E-state index in [1.54, 1.807) is 13.1 Å². The molecule has 0 saturated carbocycles. The van der Waals surface area contributed by atoms with E-state index in [4.69, 9.17) is 4.74 Å². The van der Waals surface area contributed by atoms with E-state index in [9.17, 15) is 4.79 Å². The maximum Gasteiger partial charge on any atom is 0.265 e. The van der Waals surface area contributed by atoms with Gasteiger partial charge in [0, 0.05) is 26.2 Å². The van der Waals surface area contributed by atoms with E-state index in [0.29, 0.717) is 11.4 Å². The monoisotopic (exact) mass is 340 g/mol. The molecular weight excluding hydrogens is 316 g/mol. The molecule has 0 unspecified atom stereocenters. The van der Waals surface area contributed by atoms with Crippen molar-refractivity contribution < 1.29 is 9.53 Å². The molecule has 0 aliphatic carbocycles. The normalized spacial score (nSPS) is 16.3. The number of piperazine rings is 1. The molecular formula is C19H24N4O2. The highest BCUT2D eigenvalue weighted by Gasteiger charge is 2.17. The quantitative estimate of drug-likeness (QED) is 0.905. The summed E-state index contributed by atoms with van der Waals surface area (Å²) in [5.74, 6) is 1.42. The first-order chi connectivity index (χ1) is 12.1. The first-order valence-corrected chi connectivity index (χ1v) is 8.54. The SMILES string of the molecule is C[C@@H](Oc1ccccc1)C(=O)Nc1ccc(N2CCN(C)CC2)nc1. The Morgan fingerprint density at radius 3 is 2.48 bits per heavy atom. The van der Waals surface area contributed by atoms with Crippen LogP contribution in [0.1, 0.15) is 6.92 Å². The fourth-order valence-electron chi connectivity index (χ4n) is 2.68. The molecule has 1 fully saturated rings. The van der Waals surface area contributed by atoms with E-state index >= 15 is 0 Å². The zero-order chi connectivity index (χ0) is 17.6. The molecule has 1 N–H and O–H groups in total. The largest absolute Gasteiger partial charge is 0.481 e. The zero-order valence-corrected chi connectivity index (χ0v) is 14.7. The van der Waals surface area contributed by atoms with Crippen molar-refractivity contribution in [1.29, 1.82) is 0 Å². The van der Waals surface area contributed by atoms with Crippen LogP contribution in [0.3, 0.4) is 0 Å². The molecule has 0 radical (unpaired) electrons. The summed E-state index contributed by atoms with van der Waals surface area (Å²) in [4.78, 5) is 21.3. The number of benzene rings is 1. The number of rotatable bonds is 5. The van der Waals surface area contributed by atoms with Gasteiger partial charge < -0.3 is 19.9 Å². The first kappa shape index (κ1) is 17.2. The fourth-order valence-corrected chi connectivity index (χ4v) is 2.68. The number of likely N-dealkylation sites (N-methyl/N-ethyl adjacent to an activating group) is 1. The lowest BCUT2D eigenvalue weighted by Gasteiger charge is -2.33. The Kier molecular flexibility index (Phi) is 5.50. The first-order valence-electron chi connectivity index (χ1n) is 8.54. The molecule has 132 valence electrons. The van der Waals surface area contributed by atoms with Gasteiger partial charge in [0.15, 0.2) is 6.10 Å². The molecule has 2 heterocycles. The minimum absolute atomic E-state index is 0.196. The summed E-state index contributed by atoms with van der Waals surface area (Å²) in [6.07, 6.45) is 1.11. The van der Waals surface area contributed by atoms with Crippen LogP contribution >= 0.6 is 0 Å². The molecule has 1 amide bonds. The molecule has 1 saturated heterocycles. The number of amides is 1. The van der Waals surface area contributed by atoms with Crippen LogP contribution in [0.4, 0.5) is 11.5 Å². The molecule has 6 heteroatoms. The van der Waals surface area contributed by atoms with Crippen molar-refractivity contribution in [2.45, 2.75) is 13.0 Å². The summed E-state index contributed by atoms with van der Waals surface area (Å²) in [6.45, 7) is 5.74. The van der Waals surface area contributed by atoms with Gasteiger partial charge in [-0.2, -0.15) is 0 Å². The molecule has 25 heavy (non-hydrogen) atoms. The van der Waals surface area contributed by atoms with Gasteiger partial charge in [-0.15, -0.1) is 0 Å². The van der Waals surface area contributed by atoms with Crippen LogP contribution in [0.5, 0.6) is 5.75 Å². The highest BCUT2D eigenvalue weighted by atomic mass is 16.5. The lowest BCUT2D eigenvalue weighted by Crippen LogP contribution is -2.44. The van der Waals surface area contributed by atoms with Gasteiger partial charge in [-0.25, -0.2) is 4.98 Å². The summed E-state index contributed by atoms with van der Waals surface area (Å²) in [5, 5.41) is 2.85. The van der Waals surface area contributed by atoms with Crippen LogP contribution in [-0.4, -0.2) is 55.1 Å². The number of nitrogens with zero attached hydrogens (tertiary/aromatic N) is 3. The average molecular weight is 340 g/mol. The van der Waals surface area contributed by atoms with Crippen molar-refractivity contribution in [3.63, 3.8) is 0 Å². The maximum absolute atomic E-state index is 12.3. The Bertz CT molecular complexity index is 682. The number of hydrogen-bond donors (Lipinski definition) is 1. The molecule has 3 rings (SSSR count). The molecule has 2 aromatic rings. The number of anilines is 2. The van der Waals surface area contributed by atoms with E-state index in [1.807, 2.05) is 42.5 Å². The van der Waals surface area contributed by atoms with E-state index in [-0.39, 0.29) is 5.91 Å². The molecule has 1 aliphatic rings. The summed E-state index contributed by atoms with van der Waals surface area (Å²) < 4.78 is 5.63. The number of hydrogen-bond acceptors (Lipinski definition) is 5. The molecule has 1 aromatic carbocycles. The maximum atomic E-state index is 12.3. The second-order valence-electron chi connectivity index (χ2n) is 6.26. The van der Waals surface area contributed by atoms with Crippen molar-refractivity contribution in [2.24, 2.45) is 0 Å². The molecule has 1 aromatic heterocycles. The van der Waals surface area contributed by atoms with Crippen molar-refractivity contribution in [2.75, 3.05) is 43.4 Å². The minimum Gasteiger partial charge on any atom is -0.481 e. The third-order valence-electron chi connectivity index (χ3n) is 4.27. The van der Waals surface area contributed by atoms with Crippen LogP contribution in [0.15, 0.2) is 48.7 Å². The third kappa shape index (κ3) is 4.70. The number of carbonyl (C=O) groups is 1. The van der Waals surface area contributed by atoms with Crippen molar-refractivity contribution in [3.8, 4) is 5.75 Å². The average Bonchev–Trinajstić information content (AvgIpc) is 2.64. The zero-order valence-electron chi connectivity index (χ0n) is 14.7. The lowest BCUT2D eigenvalue weighted by molar-refractivity contribution is -0.122. The standard InChI is InChI=1S/C19H24N4O2/c1-15(25-17-6-4-3-5-7-17)19(24)21-16-8-9-18(20-14-16)23-12-10-22(2)11-13-23/h3-9,14-15H,10-13H2,1-2H3,(H,21,24)/t15-/m1/s1. The number of pyridine rings is 1. The minimum atomic E-state index is -0.584. The molecule has 1 atom stereocenters.